The number of hydrogen-bond donors (Lipinski definition) is 7. The summed E-state index contributed by atoms with van der Waals surface area (Å²) in [4.78, 5) is 0. The zero-order valence-electron chi connectivity index (χ0n) is 19.4. The number of benzene rings is 1. The fourth-order valence-corrected chi connectivity index (χ4v) is 5.03. The molecular formula is C24H36O11. The molecule has 35 heavy (non-hydrogen) atoms. The largest absolute Gasteiger partial charge is 0.493 e. The predicted octanol–water partition coefficient (Wildman–Crippen LogP) is -1.41. The quantitative estimate of drug-likeness (QED) is 0.223. The van der Waals surface area contributed by atoms with Gasteiger partial charge in [0.2, 0.25) is 0 Å². The summed E-state index contributed by atoms with van der Waals surface area (Å²) in [6.07, 6.45) is -9.56. The monoisotopic (exact) mass is 500 g/mol. The lowest BCUT2D eigenvalue weighted by atomic mass is 9.90. The topological polar surface area (TPSA) is 179 Å². The Kier molecular flexibility index (Phi) is 8.98. The van der Waals surface area contributed by atoms with Crippen LogP contribution in [0.3, 0.4) is 0 Å². The molecule has 7 N–H and O–H groups in total. The smallest absolute Gasteiger partial charge is 0.187 e. The molecule has 2 aliphatic heterocycles. The summed E-state index contributed by atoms with van der Waals surface area (Å²) in [6, 6.07) is 6.99. The number of hydrogen-bond acceptors (Lipinski definition) is 11. The molecule has 0 unspecified atom stereocenters. The van der Waals surface area contributed by atoms with Gasteiger partial charge in [-0.1, -0.05) is 25.0 Å². The van der Waals surface area contributed by atoms with E-state index in [0.29, 0.717) is 23.8 Å². The van der Waals surface area contributed by atoms with Crippen molar-refractivity contribution in [2.75, 3.05) is 19.8 Å². The van der Waals surface area contributed by atoms with Gasteiger partial charge in [-0.05, 0) is 36.5 Å². The van der Waals surface area contributed by atoms with Crippen LogP contribution >= 0.6 is 0 Å². The fourth-order valence-electron chi connectivity index (χ4n) is 5.03. The van der Waals surface area contributed by atoms with Crippen molar-refractivity contribution >= 4 is 0 Å². The van der Waals surface area contributed by atoms with E-state index in [9.17, 15) is 35.7 Å². The summed E-state index contributed by atoms with van der Waals surface area (Å²) >= 11 is 0. The maximum absolute atomic E-state index is 11.1. The first-order valence-electron chi connectivity index (χ1n) is 12.1. The van der Waals surface area contributed by atoms with Crippen LogP contribution in [0.15, 0.2) is 24.3 Å². The fraction of sp³-hybridized carbons (Fsp3) is 0.750. The molecule has 1 aromatic rings. The van der Waals surface area contributed by atoms with Crippen LogP contribution in [0.5, 0.6) is 5.75 Å². The van der Waals surface area contributed by atoms with Crippen LogP contribution in [-0.2, 0) is 14.2 Å². The highest BCUT2D eigenvalue weighted by Crippen LogP contribution is 2.37. The SMILES string of the molecule is OC[C@H]1O[C@H](O[C@@H]2[C@H](O)[C@@H](c3cccc(OCC4CCCC4)c3)O[C@H](CO)[C@H]2O)[C@@H](O)[C@@H](O)[C@@H]1O. The van der Waals surface area contributed by atoms with Crippen LogP contribution in [0.2, 0.25) is 0 Å². The van der Waals surface area contributed by atoms with Crippen molar-refractivity contribution < 1.29 is 54.7 Å². The summed E-state index contributed by atoms with van der Waals surface area (Å²) in [6.45, 7) is -0.631. The summed E-state index contributed by atoms with van der Waals surface area (Å²) in [5.41, 5.74) is 0.536. The molecule has 0 amide bonds. The zero-order valence-corrected chi connectivity index (χ0v) is 19.4. The van der Waals surface area contributed by atoms with E-state index < -0.39 is 74.4 Å². The minimum Gasteiger partial charge on any atom is -0.493 e. The van der Waals surface area contributed by atoms with Gasteiger partial charge in [0.25, 0.3) is 0 Å². The van der Waals surface area contributed by atoms with Crippen molar-refractivity contribution in [1.82, 2.24) is 0 Å². The molecule has 1 saturated carbocycles. The Morgan fingerprint density at radius 2 is 1.49 bits per heavy atom. The maximum atomic E-state index is 11.1. The highest BCUT2D eigenvalue weighted by Gasteiger charge is 2.50. The molecule has 0 spiro atoms. The first-order valence-corrected chi connectivity index (χ1v) is 12.1. The average molecular weight is 501 g/mol. The molecule has 4 rings (SSSR count). The van der Waals surface area contributed by atoms with E-state index >= 15 is 0 Å². The van der Waals surface area contributed by atoms with Gasteiger partial charge >= 0.3 is 0 Å². The molecule has 0 aromatic heterocycles. The van der Waals surface area contributed by atoms with E-state index in [1.165, 1.54) is 12.8 Å². The summed E-state index contributed by atoms with van der Waals surface area (Å²) in [7, 11) is 0. The first kappa shape index (κ1) is 26.7. The summed E-state index contributed by atoms with van der Waals surface area (Å²) < 4.78 is 22.8. The average Bonchev–Trinajstić information content (AvgIpc) is 3.39. The van der Waals surface area contributed by atoms with E-state index in [1.54, 1.807) is 24.3 Å². The van der Waals surface area contributed by atoms with E-state index in [0.717, 1.165) is 12.8 Å². The van der Waals surface area contributed by atoms with Gasteiger partial charge in [0.1, 0.15) is 60.7 Å². The van der Waals surface area contributed by atoms with Crippen molar-refractivity contribution in [1.29, 1.82) is 0 Å². The lowest BCUT2D eigenvalue weighted by Gasteiger charge is -2.46. The van der Waals surface area contributed by atoms with Gasteiger partial charge in [-0.3, -0.25) is 0 Å². The molecule has 11 heteroatoms. The van der Waals surface area contributed by atoms with Crippen LogP contribution in [-0.4, -0.2) is 111 Å². The van der Waals surface area contributed by atoms with Gasteiger partial charge < -0.3 is 54.7 Å². The normalized spacial score (nSPS) is 40.7. The highest BCUT2D eigenvalue weighted by molar-refractivity contribution is 5.31. The molecule has 0 radical (unpaired) electrons. The first-order chi connectivity index (χ1) is 16.8. The lowest BCUT2D eigenvalue weighted by Crippen LogP contribution is -2.63. The summed E-state index contributed by atoms with van der Waals surface area (Å²) in [5, 5.41) is 71.3. The standard InChI is InChI=1S/C24H36O11/c25-9-15-17(27)19(29)20(30)24(34-15)35-23-18(28)16(10-26)33-22(21(23)31)13-6-3-7-14(8-13)32-11-12-4-1-2-5-12/h3,6-8,12,15-31H,1-2,4-5,9-11H2/t15-,16-,17-,18-,19+,20+,21-,22-,23+,24-/m1/s1. The van der Waals surface area contributed by atoms with Crippen LogP contribution in [0.25, 0.3) is 0 Å². The Bertz CT molecular complexity index is 801. The molecular weight excluding hydrogens is 464 g/mol. The van der Waals surface area contributed by atoms with Gasteiger partial charge in [-0.2, -0.15) is 0 Å². The number of aliphatic hydroxyl groups is 7. The number of ether oxygens (including phenoxy) is 4. The zero-order chi connectivity index (χ0) is 25.1. The Morgan fingerprint density at radius 1 is 0.800 bits per heavy atom. The van der Waals surface area contributed by atoms with Crippen molar-refractivity contribution in [3.05, 3.63) is 29.8 Å². The molecule has 1 aliphatic carbocycles. The lowest BCUT2D eigenvalue weighted by molar-refractivity contribution is -0.342. The third-order valence-electron chi connectivity index (χ3n) is 7.15. The third kappa shape index (κ3) is 5.80. The van der Waals surface area contributed by atoms with E-state index in [1.807, 2.05) is 0 Å². The van der Waals surface area contributed by atoms with Crippen molar-refractivity contribution in [3.63, 3.8) is 0 Å². The Balaban J connectivity index is 1.50. The van der Waals surface area contributed by atoms with Gasteiger partial charge in [0.05, 0.1) is 19.8 Å². The van der Waals surface area contributed by atoms with E-state index in [2.05, 4.69) is 0 Å². The van der Waals surface area contributed by atoms with Gasteiger partial charge in [0, 0.05) is 0 Å². The van der Waals surface area contributed by atoms with Gasteiger partial charge in [-0.15, -0.1) is 0 Å². The van der Waals surface area contributed by atoms with E-state index in [4.69, 9.17) is 18.9 Å². The van der Waals surface area contributed by atoms with Crippen LogP contribution in [0, 0.1) is 5.92 Å². The second kappa shape index (κ2) is 11.8. The second-order valence-corrected chi connectivity index (χ2v) is 9.59. The van der Waals surface area contributed by atoms with Crippen molar-refractivity contribution in [2.45, 2.75) is 86.9 Å². The van der Waals surface area contributed by atoms with Gasteiger partial charge in [0.15, 0.2) is 6.29 Å². The molecule has 2 heterocycles. The Hall–Kier alpha value is -1.38. The summed E-state index contributed by atoms with van der Waals surface area (Å²) in [5.74, 6) is 1.11. The van der Waals surface area contributed by atoms with Crippen LogP contribution < -0.4 is 4.74 Å². The minimum atomic E-state index is -1.71. The molecule has 3 fully saturated rings. The van der Waals surface area contributed by atoms with E-state index in [-0.39, 0.29) is 0 Å². The van der Waals surface area contributed by atoms with Crippen LogP contribution in [0.1, 0.15) is 37.4 Å². The molecule has 2 saturated heterocycles. The van der Waals surface area contributed by atoms with Gasteiger partial charge in [-0.25, -0.2) is 0 Å². The highest BCUT2D eigenvalue weighted by atomic mass is 16.7. The minimum absolute atomic E-state index is 0.514. The van der Waals surface area contributed by atoms with Crippen molar-refractivity contribution in [2.24, 2.45) is 5.92 Å². The molecule has 3 aliphatic rings. The molecule has 198 valence electrons. The van der Waals surface area contributed by atoms with Crippen molar-refractivity contribution in [3.8, 4) is 5.75 Å². The Morgan fingerprint density at radius 3 is 2.17 bits per heavy atom. The maximum Gasteiger partial charge on any atom is 0.187 e. The molecule has 10 atom stereocenters. The molecule has 0 bridgehead atoms. The number of rotatable bonds is 8. The molecule has 11 nitrogen and oxygen atoms in total. The Labute approximate surface area is 203 Å². The third-order valence-corrected chi connectivity index (χ3v) is 7.15. The number of aliphatic hydroxyl groups excluding tert-OH is 7. The predicted molar refractivity (Wildman–Crippen MR) is 119 cm³/mol. The second-order valence-electron chi connectivity index (χ2n) is 9.59. The van der Waals surface area contributed by atoms with Crippen LogP contribution in [0.4, 0.5) is 0 Å². The molecule has 1 aromatic carbocycles.